The third-order valence-corrected chi connectivity index (χ3v) is 6.58. The minimum Gasteiger partial charge on any atom is -0.494 e. The van der Waals surface area contributed by atoms with E-state index in [0.29, 0.717) is 6.54 Å². The van der Waals surface area contributed by atoms with Crippen molar-refractivity contribution in [2.45, 2.75) is 45.7 Å². The van der Waals surface area contributed by atoms with Gasteiger partial charge < -0.3 is 9.84 Å². The fraction of sp³-hybridized carbons (Fsp3) is 0.312. The molecule has 0 fully saturated rings. The summed E-state index contributed by atoms with van der Waals surface area (Å²) in [6, 6.07) is 32.2. The van der Waals surface area contributed by atoms with Crippen LogP contribution < -0.4 is 4.74 Å². The van der Waals surface area contributed by atoms with Crippen LogP contribution in [0.4, 0.5) is 0 Å². The largest absolute Gasteiger partial charge is 0.494 e. The topological polar surface area (TPSA) is 32.7 Å². The second-order valence-corrected chi connectivity index (χ2v) is 9.35. The van der Waals surface area contributed by atoms with E-state index in [1.807, 2.05) is 0 Å². The van der Waals surface area contributed by atoms with E-state index < -0.39 is 0 Å². The fourth-order valence-electron chi connectivity index (χ4n) is 4.55. The normalized spacial score (nSPS) is 11.3. The second-order valence-electron chi connectivity index (χ2n) is 9.35. The van der Waals surface area contributed by atoms with Crippen LogP contribution in [0.1, 0.15) is 41.5 Å². The van der Waals surface area contributed by atoms with Crippen molar-refractivity contribution >= 4 is 10.8 Å². The van der Waals surface area contributed by atoms with Crippen LogP contribution in [0.15, 0.2) is 91.0 Å². The number of hydrogen-bond acceptors (Lipinski definition) is 3. The minimum atomic E-state index is 0.159. The van der Waals surface area contributed by atoms with Gasteiger partial charge in [-0.1, -0.05) is 72.8 Å². The number of aliphatic hydroxyl groups is 1. The van der Waals surface area contributed by atoms with Gasteiger partial charge >= 0.3 is 0 Å². The van der Waals surface area contributed by atoms with Crippen LogP contribution in [0.25, 0.3) is 10.8 Å². The monoisotopic (exact) mass is 467 g/mol. The van der Waals surface area contributed by atoms with Gasteiger partial charge in [-0.25, -0.2) is 0 Å². The summed E-state index contributed by atoms with van der Waals surface area (Å²) in [5.41, 5.74) is 5.27. The van der Waals surface area contributed by atoms with Gasteiger partial charge in [-0.3, -0.25) is 4.90 Å². The van der Waals surface area contributed by atoms with Crippen LogP contribution in [0, 0.1) is 6.92 Å². The van der Waals surface area contributed by atoms with E-state index in [1.54, 1.807) is 0 Å². The lowest BCUT2D eigenvalue weighted by molar-refractivity contribution is 0.184. The van der Waals surface area contributed by atoms with E-state index in [2.05, 4.69) is 103 Å². The Morgan fingerprint density at radius 2 is 1.49 bits per heavy atom. The van der Waals surface area contributed by atoms with Gasteiger partial charge in [0.25, 0.3) is 0 Å². The molecule has 0 bridgehead atoms. The summed E-state index contributed by atoms with van der Waals surface area (Å²) in [6.07, 6.45) is 4.59. The highest BCUT2D eigenvalue weighted by Gasteiger charge is 2.09. The Balaban J connectivity index is 1.28. The maximum atomic E-state index is 9.58. The highest BCUT2D eigenvalue weighted by Crippen LogP contribution is 2.23. The van der Waals surface area contributed by atoms with Crippen molar-refractivity contribution in [3.8, 4) is 5.75 Å². The Labute approximate surface area is 210 Å². The highest BCUT2D eigenvalue weighted by atomic mass is 16.5. The van der Waals surface area contributed by atoms with Gasteiger partial charge in [0.15, 0.2) is 0 Å². The number of hydrogen-bond donors (Lipinski definition) is 1. The zero-order valence-electron chi connectivity index (χ0n) is 20.8. The molecule has 0 spiro atoms. The standard InChI is InChI=1S/C32H37NO2/c1-26-10-7-8-14-31(26)25-33(19-20-34)24-28-15-16-30-23-32(18-17-29(30)22-28)35-21-9-3-6-13-27-11-4-2-5-12-27/h2,4-5,7-8,10-12,14-18,22-23,34H,3,6,9,13,19-21,24-25H2,1H3. The van der Waals surface area contributed by atoms with Crippen LogP contribution in [-0.4, -0.2) is 29.8 Å². The number of nitrogens with zero attached hydrogens (tertiary/aromatic N) is 1. The van der Waals surface area contributed by atoms with Gasteiger partial charge in [0.05, 0.1) is 13.2 Å². The summed E-state index contributed by atoms with van der Waals surface area (Å²) in [6.45, 7) is 5.37. The molecule has 3 heteroatoms. The molecule has 0 heterocycles. The number of rotatable bonds is 13. The first-order valence-electron chi connectivity index (χ1n) is 12.8. The van der Waals surface area contributed by atoms with Gasteiger partial charge in [-0.2, -0.15) is 0 Å². The molecule has 0 amide bonds. The quantitative estimate of drug-likeness (QED) is 0.216. The lowest BCUT2D eigenvalue weighted by Crippen LogP contribution is -2.26. The van der Waals surface area contributed by atoms with Crippen molar-refractivity contribution in [1.82, 2.24) is 4.90 Å². The Morgan fingerprint density at radius 1 is 0.714 bits per heavy atom. The van der Waals surface area contributed by atoms with Crippen molar-refractivity contribution in [2.75, 3.05) is 19.8 Å². The fourth-order valence-corrected chi connectivity index (χ4v) is 4.55. The van der Waals surface area contributed by atoms with Gasteiger partial charge in [-0.05, 0) is 83.8 Å². The van der Waals surface area contributed by atoms with Crippen molar-refractivity contribution < 1.29 is 9.84 Å². The van der Waals surface area contributed by atoms with Gasteiger partial charge in [0.1, 0.15) is 5.75 Å². The molecule has 35 heavy (non-hydrogen) atoms. The van der Waals surface area contributed by atoms with E-state index in [0.717, 1.165) is 38.3 Å². The predicted molar refractivity (Wildman–Crippen MR) is 146 cm³/mol. The molecule has 3 nitrogen and oxygen atoms in total. The van der Waals surface area contributed by atoms with Gasteiger partial charge in [0.2, 0.25) is 0 Å². The predicted octanol–water partition coefficient (Wildman–Crippen LogP) is 6.93. The minimum absolute atomic E-state index is 0.159. The maximum absolute atomic E-state index is 9.58. The van der Waals surface area contributed by atoms with Crippen molar-refractivity contribution in [1.29, 1.82) is 0 Å². The molecular formula is C32H37NO2. The second kappa shape index (κ2) is 13.1. The Hall–Kier alpha value is -3.14. The van der Waals surface area contributed by atoms with Crippen LogP contribution >= 0.6 is 0 Å². The van der Waals surface area contributed by atoms with Crippen LogP contribution in [0.5, 0.6) is 5.75 Å². The lowest BCUT2D eigenvalue weighted by atomic mass is 10.1. The van der Waals surface area contributed by atoms with E-state index >= 15 is 0 Å². The van der Waals surface area contributed by atoms with Crippen LogP contribution in [-0.2, 0) is 19.5 Å². The molecule has 0 saturated carbocycles. The maximum Gasteiger partial charge on any atom is 0.119 e. The first kappa shape index (κ1) is 25.0. The Morgan fingerprint density at radius 3 is 2.31 bits per heavy atom. The molecule has 0 atom stereocenters. The molecule has 0 saturated heterocycles. The summed E-state index contributed by atoms with van der Waals surface area (Å²) >= 11 is 0. The first-order valence-corrected chi connectivity index (χ1v) is 12.8. The number of benzene rings is 4. The molecule has 182 valence electrons. The molecule has 0 aromatic heterocycles. The average molecular weight is 468 g/mol. The summed E-state index contributed by atoms with van der Waals surface area (Å²) in [5.74, 6) is 0.940. The summed E-state index contributed by atoms with van der Waals surface area (Å²) in [7, 11) is 0. The van der Waals surface area contributed by atoms with E-state index in [-0.39, 0.29) is 6.61 Å². The summed E-state index contributed by atoms with van der Waals surface area (Å²) < 4.78 is 6.03. The molecule has 1 N–H and O–H groups in total. The number of unbranched alkanes of at least 4 members (excludes halogenated alkanes) is 2. The van der Waals surface area contributed by atoms with Crippen LogP contribution in [0.3, 0.4) is 0 Å². The third kappa shape index (κ3) is 7.68. The smallest absolute Gasteiger partial charge is 0.119 e. The Bertz CT molecular complexity index is 1190. The zero-order valence-corrected chi connectivity index (χ0v) is 20.8. The molecular weight excluding hydrogens is 430 g/mol. The van der Waals surface area contributed by atoms with Gasteiger partial charge in [0, 0.05) is 19.6 Å². The van der Waals surface area contributed by atoms with Crippen molar-refractivity contribution in [3.63, 3.8) is 0 Å². The van der Waals surface area contributed by atoms with E-state index in [1.165, 1.54) is 45.9 Å². The number of ether oxygens (including phenoxy) is 1. The summed E-state index contributed by atoms with van der Waals surface area (Å²) in [4.78, 5) is 2.30. The molecule has 0 unspecified atom stereocenters. The van der Waals surface area contributed by atoms with E-state index in [4.69, 9.17) is 4.74 Å². The first-order chi connectivity index (χ1) is 17.2. The average Bonchev–Trinajstić information content (AvgIpc) is 2.88. The molecule has 0 aliphatic rings. The molecule has 0 radical (unpaired) electrons. The SMILES string of the molecule is Cc1ccccc1CN(CCO)Cc1ccc2cc(OCCCCCc3ccccc3)ccc2c1. The third-order valence-electron chi connectivity index (χ3n) is 6.58. The lowest BCUT2D eigenvalue weighted by Gasteiger charge is -2.22. The van der Waals surface area contributed by atoms with Crippen molar-refractivity contribution in [3.05, 3.63) is 113 Å². The van der Waals surface area contributed by atoms with E-state index in [9.17, 15) is 5.11 Å². The number of fused-ring (bicyclic) bond motifs is 1. The Kier molecular flexibility index (Phi) is 9.33. The zero-order chi connectivity index (χ0) is 24.3. The van der Waals surface area contributed by atoms with Crippen LogP contribution in [0.2, 0.25) is 0 Å². The molecule has 0 aliphatic carbocycles. The van der Waals surface area contributed by atoms with Crippen molar-refractivity contribution in [2.24, 2.45) is 0 Å². The molecule has 4 rings (SSSR count). The molecule has 4 aromatic rings. The summed E-state index contributed by atoms with van der Waals surface area (Å²) in [5, 5.41) is 12.0. The molecule has 0 aliphatic heterocycles. The molecule has 4 aromatic carbocycles. The van der Waals surface area contributed by atoms with Gasteiger partial charge in [-0.15, -0.1) is 0 Å². The number of aryl methyl sites for hydroxylation is 2. The number of aliphatic hydroxyl groups excluding tert-OH is 1. The highest BCUT2D eigenvalue weighted by molar-refractivity contribution is 5.84.